The normalized spacial score (nSPS) is 22.1. The third-order valence-electron chi connectivity index (χ3n) is 4.07. The van der Waals surface area contributed by atoms with Crippen molar-refractivity contribution < 1.29 is 4.79 Å². The average Bonchev–Trinajstić information content (AvgIpc) is 2.77. The Hall–Kier alpha value is -1.09. The summed E-state index contributed by atoms with van der Waals surface area (Å²) in [6, 6.07) is 3.74. The Morgan fingerprint density at radius 3 is 2.94 bits per heavy atom. The maximum Gasteiger partial charge on any atom is 0.192 e. The van der Waals surface area contributed by atoms with E-state index in [9.17, 15) is 4.79 Å². The molecule has 0 bridgehead atoms. The fourth-order valence-corrected chi connectivity index (χ4v) is 2.80. The zero-order valence-electron chi connectivity index (χ0n) is 11.5. The molecule has 1 aliphatic rings. The summed E-state index contributed by atoms with van der Waals surface area (Å²) in [5.74, 6) is 1.81. The summed E-state index contributed by atoms with van der Waals surface area (Å²) < 4.78 is 0. The lowest BCUT2D eigenvalue weighted by molar-refractivity contribution is 0.0927. The number of likely N-dealkylation sites (tertiary alicyclic amines) is 1. The molecule has 1 N–H and O–H groups in total. The molecule has 1 atom stereocenters. The van der Waals surface area contributed by atoms with Crippen LogP contribution in [0, 0.1) is 11.8 Å². The third-order valence-corrected chi connectivity index (χ3v) is 4.07. The lowest BCUT2D eigenvalue weighted by Gasteiger charge is -2.20. The highest BCUT2D eigenvalue weighted by atomic mass is 16.1. The van der Waals surface area contributed by atoms with E-state index in [1.54, 1.807) is 0 Å². The van der Waals surface area contributed by atoms with Crippen LogP contribution in [-0.2, 0) is 0 Å². The predicted octanol–water partition coefficient (Wildman–Crippen LogP) is 2.96. The second kappa shape index (κ2) is 6.19. The van der Waals surface area contributed by atoms with E-state index < -0.39 is 0 Å². The number of Topliss-reactive ketones (excluding diaryl/α,β-unsaturated/α-hetero) is 1. The molecule has 1 aliphatic heterocycles. The molecular formula is C15H24N2O. The van der Waals surface area contributed by atoms with Gasteiger partial charge in [-0.05, 0) is 56.3 Å². The molecule has 0 aromatic carbocycles. The Kier molecular flexibility index (Phi) is 4.59. The third kappa shape index (κ3) is 3.45. The summed E-state index contributed by atoms with van der Waals surface area (Å²) in [6.07, 6.45) is 5.58. The fourth-order valence-electron chi connectivity index (χ4n) is 2.80. The number of carbonyl (C=O) groups is 1. The highest BCUT2D eigenvalue weighted by molar-refractivity contribution is 5.95. The molecule has 1 unspecified atom stereocenters. The van der Waals surface area contributed by atoms with Gasteiger partial charge in [0.2, 0.25) is 0 Å². The van der Waals surface area contributed by atoms with Crippen LogP contribution in [0.5, 0.6) is 0 Å². The summed E-state index contributed by atoms with van der Waals surface area (Å²) in [4.78, 5) is 17.3. The van der Waals surface area contributed by atoms with E-state index in [2.05, 4.69) is 23.7 Å². The van der Waals surface area contributed by atoms with Crippen molar-refractivity contribution in [2.75, 3.05) is 19.6 Å². The van der Waals surface area contributed by atoms with E-state index in [1.165, 1.54) is 19.3 Å². The molecule has 0 aliphatic carbocycles. The smallest absolute Gasteiger partial charge is 0.192 e. The average molecular weight is 248 g/mol. The van der Waals surface area contributed by atoms with Crippen LogP contribution in [0.15, 0.2) is 18.3 Å². The summed E-state index contributed by atoms with van der Waals surface area (Å²) >= 11 is 0. The minimum absolute atomic E-state index is 0.211. The number of rotatable bonds is 4. The predicted molar refractivity (Wildman–Crippen MR) is 73.7 cm³/mol. The summed E-state index contributed by atoms with van der Waals surface area (Å²) in [5, 5.41) is 0. The van der Waals surface area contributed by atoms with Gasteiger partial charge in [0, 0.05) is 6.20 Å². The van der Waals surface area contributed by atoms with Crippen molar-refractivity contribution in [1.29, 1.82) is 0 Å². The van der Waals surface area contributed by atoms with Gasteiger partial charge in [-0.2, -0.15) is 0 Å². The molecule has 100 valence electrons. The highest BCUT2D eigenvalue weighted by Gasteiger charge is 2.21. The quantitative estimate of drug-likeness (QED) is 0.832. The number of carbonyl (C=O) groups excluding carboxylic acids is 1. The van der Waals surface area contributed by atoms with Crippen molar-refractivity contribution in [3.63, 3.8) is 0 Å². The van der Waals surface area contributed by atoms with Crippen LogP contribution in [0.2, 0.25) is 0 Å². The molecule has 1 aromatic heterocycles. The molecule has 0 amide bonds. The van der Waals surface area contributed by atoms with Crippen LogP contribution < -0.4 is 0 Å². The fraction of sp³-hybridized carbons (Fsp3) is 0.667. The van der Waals surface area contributed by atoms with Gasteiger partial charge in [0.05, 0.1) is 12.2 Å². The number of nitrogens with zero attached hydrogens (tertiary/aromatic N) is 1. The topological polar surface area (TPSA) is 36.1 Å². The van der Waals surface area contributed by atoms with E-state index in [1.807, 2.05) is 18.3 Å². The van der Waals surface area contributed by atoms with Crippen molar-refractivity contribution in [2.45, 2.75) is 33.1 Å². The molecule has 0 spiro atoms. The molecule has 2 rings (SSSR count). The van der Waals surface area contributed by atoms with Crippen molar-refractivity contribution >= 4 is 5.78 Å². The van der Waals surface area contributed by atoms with Crippen molar-refractivity contribution in [2.24, 2.45) is 11.8 Å². The first-order chi connectivity index (χ1) is 8.66. The van der Waals surface area contributed by atoms with E-state index in [4.69, 9.17) is 0 Å². The minimum Gasteiger partial charge on any atom is -0.359 e. The molecule has 2 heterocycles. The van der Waals surface area contributed by atoms with Gasteiger partial charge in [0.15, 0.2) is 5.78 Å². The maximum atomic E-state index is 12.0. The molecule has 18 heavy (non-hydrogen) atoms. The van der Waals surface area contributed by atoms with Crippen molar-refractivity contribution in [3.05, 3.63) is 24.0 Å². The Balaban J connectivity index is 1.85. The van der Waals surface area contributed by atoms with Gasteiger partial charge in [-0.25, -0.2) is 0 Å². The van der Waals surface area contributed by atoms with Crippen LogP contribution >= 0.6 is 0 Å². The van der Waals surface area contributed by atoms with Crippen LogP contribution in [0.4, 0.5) is 0 Å². The van der Waals surface area contributed by atoms with Gasteiger partial charge in [-0.3, -0.25) is 9.69 Å². The summed E-state index contributed by atoms with van der Waals surface area (Å²) in [6.45, 7) is 7.31. The molecule has 0 saturated carbocycles. The van der Waals surface area contributed by atoms with Gasteiger partial charge in [-0.1, -0.05) is 13.8 Å². The molecule has 3 heteroatoms. The zero-order chi connectivity index (χ0) is 13.0. The van der Waals surface area contributed by atoms with Crippen molar-refractivity contribution in [3.8, 4) is 0 Å². The maximum absolute atomic E-state index is 12.0. The number of aromatic amines is 1. The van der Waals surface area contributed by atoms with Gasteiger partial charge in [-0.15, -0.1) is 0 Å². The van der Waals surface area contributed by atoms with Gasteiger partial charge < -0.3 is 4.98 Å². The first kappa shape index (κ1) is 13.3. The molecule has 3 nitrogen and oxygen atoms in total. The van der Waals surface area contributed by atoms with Gasteiger partial charge in [0.25, 0.3) is 0 Å². The number of H-pyrrole nitrogens is 1. The van der Waals surface area contributed by atoms with E-state index in [0.29, 0.717) is 6.54 Å². The van der Waals surface area contributed by atoms with Crippen molar-refractivity contribution in [1.82, 2.24) is 9.88 Å². The molecule has 0 radical (unpaired) electrons. The van der Waals surface area contributed by atoms with Gasteiger partial charge in [0.1, 0.15) is 0 Å². The molecule has 1 saturated heterocycles. The van der Waals surface area contributed by atoms with Crippen LogP contribution in [-0.4, -0.2) is 35.3 Å². The Morgan fingerprint density at radius 1 is 1.44 bits per heavy atom. The second-order valence-electron chi connectivity index (χ2n) is 5.72. The number of aromatic nitrogens is 1. The number of hydrogen-bond acceptors (Lipinski definition) is 2. The Labute approximate surface area is 110 Å². The Morgan fingerprint density at radius 2 is 2.28 bits per heavy atom. The lowest BCUT2D eigenvalue weighted by Crippen LogP contribution is -2.31. The number of nitrogens with one attached hydrogen (secondary N) is 1. The highest BCUT2D eigenvalue weighted by Crippen LogP contribution is 2.24. The number of ketones is 1. The summed E-state index contributed by atoms with van der Waals surface area (Å²) in [5.41, 5.74) is 0.736. The van der Waals surface area contributed by atoms with Crippen LogP contribution in [0.3, 0.4) is 0 Å². The van der Waals surface area contributed by atoms with Crippen LogP contribution in [0.25, 0.3) is 0 Å². The van der Waals surface area contributed by atoms with Crippen LogP contribution in [0.1, 0.15) is 43.6 Å². The zero-order valence-corrected chi connectivity index (χ0v) is 11.5. The first-order valence-electron chi connectivity index (χ1n) is 7.05. The standard InChI is InChI=1S/C15H24N2O/c1-12(2)13-5-4-9-17(10-7-13)11-15(18)14-6-3-8-16-14/h3,6,8,12-13,16H,4-5,7,9-11H2,1-2H3. The monoisotopic (exact) mass is 248 g/mol. The Bertz CT molecular complexity index is 370. The van der Waals surface area contributed by atoms with E-state index in [0.717, 1.165) is 30.6 Å². The van der Waals surface area contributed by atoms with Gasteiger partial charge >= 0.3 is 0 Å². The minimum atomic E-state index is 0.211. The molecule has 1 aromatic rings. The van der Waals surface area contributed by atoms with E-state index >= 15 is 0 Å². The summed E-state index contributed by atoms with van der Waals surface area (Å²) in [7, 11) is 0. The first-order valence-corrected chi connectivity index (χ1v) is 7.05. The van der Waals surface area contributed by atoms with E-state index in [-0.39, 0.29) is 5.78 Å². The molecule has 1 fully saturated rings. The second-order valence-corrected chi connectivity index (χ2v) is 5.72. The largest absolute Gasteiger partial charge is 0.359 e. The molecular weight excluding hydrogens is 224 g/mol. The SMILES string of the molecule is CC(C)C1CCCN(CC(=O)c2ccc[nH]2)CC1. The lowest BCUT2D eigenvalue weighted by atomic mass is 9.89. The number of hydrogen-bond donors (Lipinski definition) is 1.